The molecule has 2 atom stereocenters. The first kappa shape index (κ1) is 5.10. The zero-order valence-corrected chi connectivity index (χ0v) is 4.72. The van der Waals surface area contributed by atoms with Crippen LogP contribution < -0.4 is 0 Å². The first-order valence-corrected chi connectivity index (χ1v) is 2.95. The van der Waals surface area contributed by atoms with E-state index in [1.807, 2.05) is 0 Å². The van der Waals surface area contributed by atoms with Gasteiger partial charge < -0.3 is 5.11 Å². The molecule has 0 aliphatic heterocycles. The maximum absolute atomic E-state index is 8.39. The summed E-state index contributed by atoms with van der Waals surface area (Å²) in [5, 5.41) is 8.39. The molecule has 42 valence electrons. The van der Waals surface area contributed by atoms with Gasteiger partial charge in [0.25, 0.3) is 0 Å². The number of hydrogen-bond donors (Lipinski definition) is 1. The van der Waals surface area contributed by atoms with Gasteiger partial charge in [-0.2, -0.15) is 0 Å². The fourth-order valence-electron chi connectivity index (χ4n) is 0.967. The molecule has 0 bridgehead atoms. The highest BCUT2D eigenvalue weighted by atomic mass is 16.3. The molecule has 0 aromatic rings. The van der Waals surface area contributed by atoms with E-state index in [1.54, 1.807) is 0 Å². The molecule has 0 spiro atoms. The maximum atomic E-state index is 8.39. The van der Waals surface area contributed by atoms with Gasteiger partial charge in [0.1, 0.15) is 0 Å². The molecule has 1 N–H and O–H groups in total. The lowest BCUT2D eigenvalue weighted by Gasteiger charge is -1.86. The van der Waals surface area contributed by atoms with Gasteiger partial charge in [0, 0.05) is 6.61 Å². The second kappa shape index (κ2) is 1.83. The lowest BCUT2D eigenvalue weighted by molar-refractivity contribution is 0.277. The van der Waals surface area contributed by atoms with Crippen LogP contribution in [0.5, 0.6) is 0 Å². The number of aliphatic hydroxyl groups is 1. The van der Waals surface area contributed by atoms with Crippen molar-refractivity contribution in [3.63, 3.8) is 0 Å². The highest BCUT2D eigenvalue weighted by Gasteiger charge is 2.31. The van der Waals surface area contributed by atoms with Crippen LogP contribution in [0.4, 0.5) is 0 Å². The number of aliphatic hydroxyl groups excluding tert-OH is 1. The van der Waals surface area contributed by atoms with Crippen LogP contribution in [0.2, 0.25) is 0 Å². The van der Waals surface area contributed by atoms with E-state index in [-0.39, 0.29) is 0 Å². The third-order valence-corrected chi connectivity index (χ3v) is 1.78. The SMILES string of the molecule is C[C@@H]1C[C@@H]1CCO. The van der Waals surface area contributed by atoms with Gasteiger partial charge in [-0.3, -0.25) is 0 Å². The zero-order valence-electron chi connectivity index (χ0n) is 4.72. The van der Waals surface area contributed by atoms with E-state index >= 15 is 0 Å². The molecule has 0 radical (unpaired) electrons. The molecule has 0 saturated heterocycles. The molecule has 0 aromatic carbocycles. The van der Waals surface area contributed by atoms with Gasteiger partial charge in [-0.05, 0) is 24.7 Å². The molecule has 1 rings (SSSR count). The van der Waals surface area contributed by atoms with Crippen molar-refractivity contribution in [3.05, 3.63) is 0 Å². The summed E-state index contributed by atoms with van der Waals surface area (Å²) >= 11 is 0. The molecular formula is C6H12O. The second-order valence-corrected chi connectivity index (χ2v) is 2.49. The summed E-state index contributed by atoms with van der Waals surface area (Å²) in [7, 11) is 0. The molecule has 0 amide bonds. The number of rotatable bonds is 2. The first-order chi connectivity index (χ1) is 3.34. The van der Waals surface area contributed by atoms with E-state index in [2.05, 4.69) is 6.92 Å². The van der Waals surface area contributed by atoms with Crippen LogP contribution in [0.25, 0.3) is 0 Å². The topological polar surface area (TPSA) is 20.2 Å². The molecule has 0 unspecified atom stereocenters. The Morgan fingerprint density at radius 3 is 2.43 bits per heavy atom. The summed E-state index contributed by atoms with van der Waals surface area (Å²) in [4.78, 5) is 0. The average molecular weight is 100 g/mol. The van der Waals surface area contributed by atoms with E-state index in [0.29, 0.717) is 6.61 Å². The van der Waals surface area contributed by atoms with Gasteiger partial charge in [0.05, 0.1) is 0 Å². The molecule has 1 aliphatic rings. The Labute approximate surface area is 44.4 Å². The third-order valence-electron chi connectivity index (χ3n) is 1.78. The number of hydrogen-bond acceptors (Lipinski definition) is 1. The van der Waals surface area contributed by atoms with Crippen molar-refractivity contribution in [1.29, 1.82) is 0 Å². The van der Waals surface area contributed by atoms with E-state index in [1.165, 1.54) is 6.42 Å². The second-order valence-electron chi connectivity index (χ2n) is 2.49. The molecule has 1 nitrogen and oxygen atoms in total. The minimum Gasteiger partial charge on any atom is -0.396 e. The summed E-state index contributed by atoms with van der Waals surface area (Å²) in [6.45, 7) is 2.62. The van der Waals surface area contributed by atoms with E-state index < -0.39 is 0 Å². The highest BCUT2D eigenvalue weighted by molar-refractivity contribution is 4.81. The van der Waals surface area contributed by atoms with Crippen LogP contribution in [0.15, 0.2) is 0 Å². The van der Waals surface area contributed by atoms with Gasteiger partial charge in [-0.25, -0.2) is 0 Å². The molecule has 7 heavy (non-hydrogen) atoms. The fraction of sp³-hybridized carbons (Fsp3) is 1.00. The third kappa shape index (κ3) is 1.16. The Morgan fingerprint density at radius 1 is 1.71 bits per heavy atom. The fourth-order valence-corrected chi connectivity index (χ4v) is 0.967. The summed E-state index contributed by atoms with van der Waals surface area (Å²) in [6.07, 6.45) is 2.38. The van der Waals surface area contributed by atoms with Crippen molar-refractivity contribution in [1.82, 2.24) is 0 Å². The van der Waals surface area contributed by atoms with Gasteiger partial charge in [-0.1, -0.05) is 6.92 Å². The standard InChI is InChI=1S/C6H12O/c1-5-4-6(5)2-3-7/h5-7H,2-4H2,1H3/t5-,6+/m1/s1. The zero-order chi connectivity index (χ0) is 5.28. The van der Waals surface area contributed by atoms with Crippen LogP contribution in [0.1, 0.15) is 19.8 Å². The largest absolute Gasteiger partial charge is 0.396 e. The van der Waals surface area contributed by atoms with Gasteiger partial charge >= 0.3 is 0 Å². The van der Waals surface area contributed by atoms with E-state index in [9.17, 15) is 0 Å². The van der Waals surface area contributed by atoms with E-state index in [0.717, 1.165) is 18.3 Å². The molecule has 0 heterocycles. The summed E-state index contributed by atoms with van der Waals surface area (Å²) in [5.74, 6) is 1.78. The lowest BCUT2D eigenvalue weighted by atomic mass is 10.3. The first-order valence-electron chi connectivity index (χ1n) is 2.95. The van der Waals surface area contributed by atoms with Crippen molar-refractivity contribution < 1.29 is 5.11 Å². The van der Waals surface area contributed by atoms with E-state index in [4.69, 9.17) is 5.11 Å². The predicted molar refractivity (Wildman–Crippen MR) is 29.0 cm³/mol. The summed E-state index contributed by atoms with van der Waals surface area (Å²) < 4.78 is 0. The lowest BCUT2D eigenvalue weighted by Crippen LogP contribution is -1.84. The van der Waals surface area contributed by atoms with Gasteiger partial charge in [-0.15, -0.1) is 0 Å². The minimum atomic E-state index is 0.384. The van der Waals surface area contributed by atoms with Crippen molar-refractivity contribution in [2.45, 2.75) is 19.8 Å². The Bertz CT molecular complexity index is 61.2. The van der Waals surface area contributed by atoms with Crippen LogP contribution in [-0.2, 0) is 0 Å². The minimum absolute atomic E-state index is 0.384. The smallest absolute Gasteiger partial charge is 0.0433 e. The Balaban J connectivity index is 1.98. The van der Waals surface area contributed by atoms with Crippen LogP contribution in [0.3, 0.4) is 0 Å². The Hall–Kier alpha value is -0.0400. The van der Waals surface area contributed by atoms with Crippen LogP contribution >= 0.6 is 0 Å². The van der Waals surface area contributed by atoms with Crippen molar-refractivity contribution in [2.75, 3.05) is 6.61 Å². The molecule has 1 aliphatic carbocycles. The van der Waals surface area contributed by atoms with Gasteiger partial charge in [0.15, 0.2) is 0 Å². The predicted octanol–water partition coefficient (Wildman–Crippen LogP) is 1.02. The Kier molecular flexibility index (Phi) is 1.33. The van der Waals surface area contributed by atoms with Crippen LogP contribution in [-0.4, -0.2) is 11.7 Å². The van der Waals surface area contributed by atoms with Crippen molar-refractivity contribution in [2.24, 2.45) is 11.8 Å². The molecule has 1 fully saturated rings. The Morgan fingerprint density at radius 2 is 2.29 bits per heavy atom. The molecule has 1 saturated carbocycles. The normalized spacial score (nSPS) is 38.6. The average Bonchev–Trinajstić information content (AvgIpc) is 2.22. The quantitative estimate of drug-likeness (QED) is 0.549. The van der Waals surface area contributed by atoms with Crippen molar-refractivity contribution in [3.8, 4) is 0 Å². The van der Waals surface area contributed by atoms with Gasteiger partial charge in [0.2, 0.25) is 0 Å². The molecular weight excluding hydrogens is 88.1 g/mol. The molecule has 0 aromatic heterocycles. The summed E-state index contributed by atoms with van der Waals surface area (Å²) in [6, 6.07) is 0. The van der Waals surface area contributed by atoms with Crippen molar-refractivity contribution >= 4 is 0 Å². The van der Waals surface area contributed by atoms with Crippen LogP contribution in [0, 0.1) is 11.8 Å². The molecule has 1 heteroatoms. The monoisotopic (exact) mass is 100 g/mol. The summed E-state index contributed by atoms with van der Waals surface area (Å²) in [5.41, 5.74) is 0. The maximum Gasteiger partial charge on any atom is 0.0433 e. The highest BCUT2D eigenvalue weighted by Crippen LogP contribution is 2.39.